The number of benzene rings is 1. The summed E-state index contributed by atoms with van der Waals surface area (Å²) in [7, 11) is -1.17. The van der Waals surface area contributed by atoms with E-state index in [1.54, 1.807) is 18.3 Å². The Balaban J connectivity index is 1.29. The lowest BCUT2D eigenvalue weighted by Crippen LogP contribution is -2.31. The van der Waals surface area contributed by atoms with E-state index in [4.69, 9.17) is 9.57 Å². The van der Waals surface area contributed by atoms with E-state index >= 15 is 0 Å². The van der Waals surface area contributed by atoms with Crippen molar-refractivity contribution in [3.8, 4) is 0 Å². The standard InChI is InChI=1S/C24H30N4O5S3/c1-28-11-8-18(9-12-28)34-21-14-25-24(35-21)26-23(29)22(27-33-17-10-13-32-15-17)16-2-4-19(5-3-16)36(30,31)20-6-7-20/h2-5,14,17-18,20H,6-13,15H2,1H3,(H,25,26,29)/t17-/m1/s1. The van der Waals surface area contributed by atoms with Crippen LogP contribution in [0.5, 0.6) is 0 Å². The molecular formula is C24H30N4O5S3. The normalized spacial score (nSPS) is 22.0. The number of piperidine rings is 1. The molecule has 9 nitrogen and oxygen atoms in total. The number of likely N-dealkylation sites (tertiary alicyclic amines) is 1. The van der Waals surface area contributed by atoms with Gasteiger partial charge in [0.05, 0.1) is 33.8 Å². The number of anilines is 1. The van der Waals surface area contributed by atoms with Crippen LogP contribution < -0.4 is 5.32 Å². The molecular weight excluding hydrogens is 520 g/mol. The van der Waals surface area contributed by atoms with Crippen LogP contribution in [0.4, 0.5) is 5.13 Å². The third-order valence-electron chi connectivity index (χ3n) is 6.47. The second-order valence-electron chi connectivity index (χ2n) is 9.36. The summed E-state index contributed by atoms with van der Waals surface area (Å²) in [5, 5.41) is 7.74. The van der Waals surface area contributed by atoms with E-state index < -0.39 is 15.7 Å². The second kappa shape index (κ2) is 11.2. The minimum Gasteiger partial charge on any atom is -0.389 e. The fourth-order valence-corrected chi connectivity index (χ4v) is 8.04. The number of carbonyl (C=O) groups excluding carboxylic acids is 1. The van der Waals surface area contributed by atoms with Crippen molar-refractivity contribution in [2.24, 2.45) is 5.16 Å². The molecule has 1 aliphatic carbocycles. The number of hydrogen-bond donors (Lipinski definition) is 1. The first kappa shape index (κ1) is 25.7. The molecule has 3 fully saturated rings. The molecule has 2 aromatic rings. The topological polar surface area (TPSA) is 110 Å². The van der Waals surface area contributed by atoms with Crippen molar-refractivity contribution in [1.29, 1.82) is 0 Å². The van der Waals surface area contributed by atoms with Gasteiger partial charge in [-0.25, -0.2) is 13.4 Å². The maximum Gasteiger partial charge on any atom is 0.280 e. The predicted octanol–water partition coefficient (Wildman–Crippen LogP) is 3.41. The Bertz CT molecular complexity index is 1200. The Hall–Kier alpha value is -1.99. The van der Waals surface area contributed by atoms with Crippen molar-refractivity contribution in [2.45, 2.75) is 57.8 Å². The largest absolute Gasteiger partial charge is 0.389 e. The number of carbonyl (C=O) groups is 1. The van der Waals surface area contributed by atoms with E-state index in [0.29, 0.717) is 48.4 Å². The summed E-state index contributed by atoms with van der Waals surface area (Å²) in [6, 6.07) is 6.27. The van der Waals surface area contributed by atoms with Crippen LogP contribution in [0.15, 0.2) is 44.7 Å². The molecule has 3 heterocycles. The van der Waals surface area contributed by atoms with Gasteiger partial charge in [-0.15, -0.1) is 11.8 Å². The van der Waals surface area contributed by atoms with Crippen LogP contribution in [0.2, 0.25) is 0 Å². The van der Waals surface area contributed by atoms with E-state index in [9.17, 15) is 13.2 Å². The van der Waals surface area contributed by atoms with E-state index in [1.165, 1.54) is 23.5 Å². The number of amides is 1. The number of aromatic nitrogens is 1. The first-order valence-electron chi connectivity index (χ1n) is 12.2. The Labute approximate surface area is 219 Å². The molecule has 1 amide bonds. The molecule has 12 heteroatoms. The number of thioether (sulfide) groups is 1. The van der Waals surface area contributed by atoms with Crippen molar-refractivity contribution in [1.82, 2.24) is 9.88 Å². The minimum atomic E-state index is -3.32. The molecule has 0 spiro atoms. The minimum absolute atomic E-state index is 0.0667. The number of nitrogens with one attached hydrogen (secondary N) is 1. The molecule has 0 bridgehead atoms. The van der Waals surface area contributed by atoms with E-state index in [1.807, 2.05) is 11.8 Å². The molecule has 0 unspecified atom stereocenters. The maximum atomic E-state index is 13.2. The quantitative estimate of drug-likeness (QED) is 0.374. The highest BCUT2D eigenvalue weighted by Crippen LogP contribution is 2.36. The Kier molecular flexibility index (Phi) is 7.96. The summed E-state index contributed by atoms with van der Waals surface area (Å²) >= 11 is 3.25. The Morgan fingerprint density at radius 2 is 1.94 bits per heavy atom. The Morgan fingerprint density at radius 3 is 2.61 bits per heavy atom. The van der Waals surface area contributed by atoms with Crippen molar-refractivity contribution < 1.29 is 22.8 Å². The van der Waals surface area contributed by atoms with Gasteiger partial charge in [0.25, 0.3) is 5.91 Å². The number of rotatable bonds is 9. The smallest absolute Gasteiger partial charge is 0.280 e. The highest BCUT2D eigenvalue weighted by atomic mass is 32.2. The summed E-state index contributed by atoms with van der Waals surface area (Å²) in [5.41, 5.74) is 0.538. The van der Waals surface area contributed by atoms with Gasteiger partial charge in [-0.3, -0.25) is 10.1 Å². The molecule has 2 saturated heterocycles. The zero-order valence-corrected chi connectivity index (χ0v) is 22.5. The lowest BCUT2D eigenvalue weighted by atomic mass is 10.1. The predicted molar refractivity (Wildman–Crippen MR) is 141 cm³/mol. The van der Waals surface area contributed by atoms with Crippen molar-refractivity contribution >= 4 is 49.7 Å². The van der Waals surface area contributed by atoms with Crippen LogP contribution >= 0.6 is 23.1 Å². The molecule has 1 N–H and O–H groups in total. The number of ether oxygens (including phenoxy) is 1. The molecule has 3 aliphatic rings. The van der Waals surface area contributed by atoms with E-state index in [-0.39, 0.29) is 22.0 Å². The molecule has 1 atom stereocenters. The van der Waals surface area contributed by atoms with Gasteiger partial charge < -0.3 is 14.5 Å². The van der Waals surface area contributed by atoms with Crippen LogP contribution in [-0.4, -0.2) is 79.9 Å². The molecule has 36 heavy (non-hydrogen) atoms. The van der Waals surface area contributed by atoms with Gasteiger partial charge in [0.2, 0.25) is 0 Å². The molecule has 2 aliphatic heterocycles. The average Bonchev–Trinajstić information content (AvgIpc) is 3.46. The zero-order chi connectivity index (χ0) is 25.1. The molecule has 0 radical (unpaired) electrons. The van der Waals surface area contributed by atoms with Crippen LogP contribution in [0.25, 0.3) is 0 Å². The Morgan fingerprint density at radius 1 is 1.19 bits per heavy atom. The zero-order valence-electron chi connectivity index (χ0n) is 20.1. The fourth-order valence-electron chi connectivity index (χ4n) is 4.12. The number of nitrogens with zero attached hydrogens (tertiary/aromatic N) is 3. The average molecular weight is 551 g/mol. The second-order valence-corrected chi connectivity index (χ2v) is 14.2. The van der Waals surface area contributed by atoms with Gasteiger partial charge >= 0.3 is 0 Å². The third-order valence-corrected chi connectivity index (χ3v) is 11.1. The summed E-state index contributed by atoms with van der Waals surface area (Å²) in [4.78, 5) is 25.8. The van der Waals surface area contributed by atoms with Gasteiger partial charge in [0, 0.05) is 17.2 Å². The summed E-state index contributed by atoms with van der Waals surface area (Å²) in [5.74, 6) is -0.461. The van der Waals surface area contributed by atoms with Gasteiger partial charge in [-0.2, -0.15) is 0 Å². The lowest BCUT2D eigenvalue weighted by Gasteiger charge is -2.27. The summed E-state index contributed by atoms with van der Waals surface area (Å²) in [6.45, 7) is 3.19. The number of hydrogen-bond acceptors (Lipinski definition) is 10. The van der Waals surface area contributed by atoms with Crippen LogP contribution in [0, 0.1) is 0 Å². The first-order valence-corrected chi connectivity index (χ1v) is 15.4. The van der Waals surface area contributed by atoms with Gasteiger partial charge in [0.15, 0.2) is 26.8 Å². The van der Waals surface area contributed by atoms with Gasteiger partial charge in [-0.1, -0.05) is 28.6 Å². The highest BCUT2D eigenvalue weighted by Gasteiger charge is 2.37. The number of oxime groups is 1. The fraction of sp³-hybridized carbons (Fsp3) is 0.542. The van der Waals surface area contributed by atoms with Gasteiger partial charge in [0.1, 0.15) is 0 Å². The summed E-state index contributed by atoms with van der Waals surface area (Å²) in [6.07, 6.45) is 5.92. The van der Waals surface area contributed by atoms with E-state index in [2.05, 4.69) is 27.4 Å². The van der Waals surface area contributed by atoms with Crippen LogP contribution in [0.3, 0.4) is 0 Å². The molecule has 1 saturated carbocycles. The SMILES string of the molecule is CN1CCC(Sc2cnc(NC(=O)C(=NO[C@@H]3CCOC3)c3ccc(S(=O)(=O)C4CC4)cc3)s2)CC1. The molecule has 194 valence electrons. The lowest BCUT2D eigenvalue weighted by molar-refractivity contribution is -0.110. The van der Waals surface area contributed by atoms with Crippen molar-refractivity contribution in [3.05, 3.63) is 36.0 Å². The third kappa shape index (κ3) is 6.28. The maximum absolute atomic E-state index is 13.2. The monoisotopic (exact) mass is 550 g/mol. The van der Waals surface area contributed by atoms with Crippen molar-refractivity contribution in [3.63, 3.8) is 0 Å². The van der Waals surface area contributed by atoms with Gasteiger partial charge in [-0.05, 0) is 58.0 Å². The first-order chi connectivity index (χ1) is 17.4. The van der Waals surface area contributed by atoms with Crippen molar-refractivity contribution in [2.75, 3.05) is 38.7 Å². The number of sulfone groups is 1. The highest BCUT2D eigenvalue weighted by molar-refractivity contribution is 8.01. The molecule has 5 rings (SSSR count). The summed E-state index contributed by atoms with van der Waals surface area (Å²) < 4.78 is 31.5. The number of thiazole rings is 1. The molecule has 1 aromatic heterocycles. The van der Waals surface area contributed by atoms with Crippen LogP contribution in [0.1, 0.15) is 37.7 Å². The molecule has 1 aromatic carbocycles. The van der Waals surface area contributed by atoms with E-state index in [0.717, 1.165) is 30.1 Å². The van der Waals surface area contributed by atoms with Crippen LogP contribution in [-0.2, 0) is 24.2 Å².